The summed E-state index contributed by atoms with van der Waals surface area (Å²) in [7, 11) is 0. The van der Waals surface area contributed by atoms with Gasteiger partial charge in [-0.15, -0.1) is 0 Å². The van der Waals surface area contributed by atoms with Gasteiger partial charge in [0.15, 0.2) is 24.4 Å². The highest BCUT2D eigenvalue weighted by Gasteiger charge is 2.64. The summed E-state index contributed by atoms with van der Waals surface area (Å²) in [6.45, 7) is 8.40. The zero-order chi connectivity index (χ0) is 46.7. The first-order chi connectivity index (χ1) is 30.2. The summed E-state index contributed by atoms with van der Waals surface area (Å²) in [5.74, 6) is -8.75. The van der Waals surface area contributed by atoms with Crippen LogP contribution in [0, 0.1) is 0 Å². The molecule has 2 spiro atoms. The van der Waals surface area contributed by atoms with Crippen LogP contribution in [0.25, 0.3) is 11.1 Å². The van der Waals surface area contributed by atoms with Crippen LogP contribution in [0.3, 0.4) is 0 Å². The summed E-state index contributed by atoms with van der Waals surface area (Å²) in [4.78, 5) is 98.0. The maximum Gasteiger partial charge on any atom is 0.303 e. The van der Waals surface area contributed by atoms with Crippen molar-refractivity contribution >= 4 is 47.8 Å². The van der Waals surface area contributed by atoms with Crippen molar-refractivity contribution in [1.82, 2.24) is 0 Å². The molecular formula is C44H50O20. The lowest BCUT2D eigenvalue weighted by Gasteiger charge is -2.52. The van der Waals surface area contributed by atoms with Crippen LogP contribution in [0.1, 0.15) is 79.4 Å². The molecule has 346 valence electrons. The Labute approximate surface area is 367 Å². The van der Waals surface area contributed by atoms with Crippen LogP contribution in [-0.2, 0) is 98.6 Å². The van der Waals surface area contributed by atoms with E-state index in [1.807, 2.05) is 12.1 Å². The van der Waals surface area contributed by atoms with E-state index in [4.69, 9.17) is 56.8 Å². The first-order valence-electron chi connectivity index (χ1n) is 20.5. The Kier molecular flexibility index (Phi) is 14.2. The molecule has 2 aromatic carbocycles. The molecule has 64 heavy (non-hydrogen) atoms. The van der Waals surface area contributed by atoms with Crippen molar-refractivity contribution in [2.45, 2.75) is 141 Å². The number of aryl methyl sites for hydroxylation is 2. The number of hydrogen-bond acceptors (Lipinski definition) is 20. The van der Waals surface area contributed by atoms with E-state index in [-0.39, 0.29) is 12.8 Å². The lowest BCUT2D eigenvalue weighted by atomic mass is 9.85. The van der Waals surface area contributed by atoms with Crippen LogP contribution < -0.4 is 9.47 Å². The van der Waals surface area contributed by atoms with Gasteiger partial charge in [-0.1, -0.05) is 12.1 Å². The fourth-order valence-corrected chi connectivity index (χ4v) is 8.45. The molecule has 6 rings (SSSR count). The SMILES string of the molecule is CC(=O)OCC1OC2(CCc3cc(-c4ccc5c(c4)CCC4(O5)OC(COC(C)=O)C(OC(C)=O)C(OC(C)=O)C4OC(C)=O)ccc3O2)C(OC(C)=O)C(OC(C)=O)C1OC(C)=O. The summed E-state index contributed by atoms with van der Waals surface area (Å²) in [6, 6.07) is 10.8. The zero-order valence-electron chi connectivity index (χ0n) is 36.5. The van der Waals surface area contributed by atoms with Gasteiger partial charge in [-0.25, -0.2) is 0 Å². The van der Waals surface area contributed by atoms with E-state index in [9.17, 15) is 38.4 Å². The molecule has 20 heteroatoms. The number of ether oxygens (including phenoxy) is 12. The number of fused-ring (bicyclic) bond motifs is 2. The van der Waals surface area contributed by atoms with Gasteiger partial charge in [0.05, 0.1) is 0 Å². The minimum Gasteiger partial charge on any atom is -0.463 e. The molecule has 10 unspecified atom stereocenters. The van der Waals surface area contributed by atoms with Gasteiger partial charge >= 0.3 is 47.8 Å². The molecule has 2 fully saturated rings. The number of esters is 8. The predicted octanol–water partition coefficient (Wildman–Crippen LogP) is 2.91. The van der Waals surface area contributed by atoms with E-state index in [0.29, 0.717) is 24.3 Å². The summed E-state index contributed by atoms with van der Waals surface area (Å²) >= 11 is 0. The second-order valence-electron chi connectivity index (χ2n) is 15.7. The van der Waals surface area contributed by atoms with Crippen molar-refractivity contribution in [2.75, 3.05) is 13.2 Å². The van der Waals surface area contributed by atoms with E-state index in [1.165, 1.54) is 13.8 Å². The predicted molar refractivity (Wildman–Crippen MR) is 212 cm³/mol. The monoisotopic (exact) mass is 898 g/mol. The van der Waals surface area contributed by atoms with Crippen molar-refractivity contribution in [1.29, 1.82) is 0 Å². The Balaban J connectivity index is 1.31. The van der Waals surface area contributed by atoms with E-state index in [1.54, 1.807) is 24.3 Å². The van der Waals surface area contributed by atoms with Gasteiger partial charge in [0, 0.05) is 68.2 Å². The molecular weight excluding hydrogens is 848 g/mol. The maximum absolute atomic E-state index is 12.5. The molecule has 0 aromatic heterocycles. The molecule has 20 nitrogen and oxygen atoms in total. The third-order valence-corrected chi connectivity index (χ3v) is 10.7. The van der Waals surface area contributed by atoms with Crippen LogP contribution in [0.2, 0.25) is 0 Å². The molecule has 0 aliphatic carbocycles. The second-order valence-corrected chi connectivity index (χ2v) is 15.7. The number of hydrogen-bond donors (Lipinski definition) is 0. The van der Waals surface area contributed by atoms with Crippen molar-refractivity contribution in [2.24, 2.45) is 0 Å². The van der Waals surface area contributed by atoms with Crippen molar-refractivity contribution in [3.63, 3.8) is 0 Å². The highest BCUT2D eigenvalue weighted by atomic mass is 16.8. The topological polar surface area (TPSA) is 247 Å². The lowest BCUT2D eigenvalue weighted by molar-refractivity contribution is -0.345. The van der Waals surface area contributed by atoms with Crippen LogP contribution in [0.5, 0.6) is 11.5 Å². The fraction of sp³-hybridized carbons (Fsp3) is 0.545. The summed E-state index contributed by atoms with van der Waals surface area (Å²) in [6.07, 6.45) is -10.1. The van der Waals surface area contributed by atoms with Gasteiger partial charge in [0.2, 0.25) is 12.2 Å². The Bertz CT molecular complexity index is 2030. The molecule has 0 bridgehead atoms. The molecule has 2 saturated heterocycles. The number of rotatable bonds is 11. The highest BCUT2D eigenvalue weighted by molar-refractivity contribution is 5.71. The first kappa shape index (κ1) is 47.2. The van der Waals surface area contributed by atoms with Crippen molar-refractivity contribution in [3.05, 3.63) is 47.5 Å². The molecule has 4 heterocycles. The van der Waals surface area contributed by atoms with Gasteiger partial charge in [0.1, 0.15) is 36.9 Å². The van der Waals surface area contributed by atoms with Gasteiger partial charge in [-0.2, -0.15) is 0 Å². The third kappa shape index (κ3) is 10.6. The minimum atomic E-state index is -1.78. The van der Waals surface area contributed by atoms with Gasteiger partial charge in [-0.05, 0) is 59.4 Å². The summed E-state index contributed by atoms with van der Waals surface area (Å²) in [5.41, 5.74) is 3.02. The molecule has 10 atom stereocenters. The molecule has 4 aliphatic rings. The van der Waals surface area contributed by atoms with Crippen LogP contribution in [0.15, 0.2) is 36.4 Å². The molecule has 4 aliphatic heterocycles. The number of carbonyl (C=O) groups excluding carboxylic acids is 8. The first-order valence-corrected chi connectivity index (χ1v) is 20.5. The Morgan fingerprint density at radius 1 is 0.469 bits per heavy atom. The van der Waals surface area contributed by atoms with Crippen LogP contribution in [-0.4, -0.2) is 121 Å². The largest absolute Gasteiger partial charge is 0.463 e. The van der Waals surface area contributed by atoms with Crippen molar-refractivity contribution < 1.29 is 95.2 Å². The number of benzene rings is 2. The third-order valence-electron chi connectivity index (χ3n) is 10.7. The van der Waals surface area contributed by atoms with Crippen molar-refractivity contribution in [3.8, 4) is 22.6 Å². The smallest absolute Gasteiger partial charge is 0.303 e. The molecule has 0 radical (unpaired) electrons. The lowest BCUT2D eigenvalue weighted by Crippen LogP contribution is -2.70. The van der Waals surface area contributed by atoms with Crippen LogP contribution in [0.4, 0.5) is 0 Å². The molecule has 0 N–H and O–H groups in total. The Hall–Kier alpha value is -6.28. The summed E-state index contributed by atoms with van der Waals surface area (Å²) in [5, 5.41) is 0. The zero-order valence-corrected chi connectivity index (χ0v) is 36.5. The average molecular weight is 899 g/mol. The van der Waals surface area contributed by atoms with Gasteiger partial charge in [-0.3, -0.25) is 38.4 Å². The highest BCUT2D eigenvalue weighted by Crippen LogP contribution is 2.47. The molecule has 2 aromatic rings. The number of carbonyl (C=O) groups is 8. The van der Waals surface area contributed by atoms with E-state index in [2.05, 4.69) is 0 Å². The maximum atomic E-state index is 12.5. The normalized spacial score (nSPS) is 28.9. The van der Waals surface area contributed by atoms with E-state index >= 15 is 0 Å². The Morgan fingerprint density at radius 2 is 0.797 bits per heavy atom. The van der Waals surface area contributed by atoms with Gasteiger partial charge < -0.3 is 56.8 Å². The average Bonchev–Trinajstić information content (AvgIpc) is 3.20. The molecule has 0 amide bonds. The van der Waals surface area contributed by atoms with E-state index in [0.717, 1.165) is 63.8 Å². The summed E-state index contributed by atoms with van der Waals surface area (Å²) < 4.78 is 70.1. The quantitative estimate of drug-likeness (QED) is 0.232. The standard InChI is InChI=1S/C44H50O20/c1-21(45)53-19-35-37(55-23(3)47)39(57-25(5)49)41(59-27(7)51)43(63-35)15-13-31-17-29(9-11-33(31)61-43)30-10-12-34-32(18-30)14-16-44(62-34)42(60-28(8)52)40(58-26(6)50)38(56-24(4)48)36(64-44)20-54-22(2)46/h9-12,17-18,35-42H,13-16,19-20H2,1-8H3. The second kappa shape index (κ2) is 19.2. The van der Waals surface area contributed by atoms with Gasteiger partial charge in [0.25, 0.3) is 11.6 Å². The minimum absolute atomic E-state index is 0.0528. The van der Waals surface area contributed by atoms with E-state index < -0.39 is 121 Å². The van der Waals surface area contributed by atoms with Crippen LogP contribution >= 0.6 is 0 Å². The Morgan fingerprint density at radius 3 is 1.11 bits per heavy atom. The molecule has 0 saturated carbocycles. The fourth-order valence-electron chi connectivity index (χ4n) is 8.45.